The molecule has 0 saturated heterocycles. The summed E-state index contributed by atoms with van der Waals surface area (Å²) in [5.74, 6) is 0.806. The van der Waals surface area contributed by atoms with E-state index in [0.717, 1.165) is 29.0 Å². The van der Waals surface area contributed by atoms with Crippen molar-refractivity contribution in [2.45, 2.75) is 26.3 Å². The lowest BCUT2D eigenvalue weighted by Gasteiger charge is -2.14. The monoisotopic (exact) mass is 324 g/mol. The molecule has 3 rings (SSSR count). The molecule has 0 saturated carbocycles. The van der Waals surface area contributed by atoms with Crippen molar-refractivity contribution >= 4 is 34.4 Å². The first-order valence-corrected chi connectivity index (χ1v) is 7.85. The number of fused-ring (bicyclic) bond motifs is 1. The van der Waals surface area contributed by atoms with E-state index >= 15 is 0 Å². The standard InChI is InChI=1S/C17H20N6O/c1-3-10(2)20-16-13-8-9-19-15(13)22-17(23-16)21-12-6-4-11(5-7-12)14(18)24/h4-10H,3H2,1-2H3,(H2,18,24)(H3,19,20,21,22,23)/t10-/m0/s1. The third-order valence-electron chi connectivity index (χ3n) is 3.84. The molecule has 124 valence electrons. The predicted molar refractivity (Wildman–Crippen MR) is 95.5 cm³/mol. The molecule has 3 aromatic rings. The summed E-state index contributed by atoms with van der Waals surface area (Å²) in [5.41, 5.74) is 7.24. The van der Waals surface area contributed by atoms with E-state index in [1.807, 2.05) is 12.3 Å². The molecule has 1 atom stereocenters. The van der Waals surface area contributed by atoms with E-state index < -0.39 is 5.91 Å². The fourth-order valence-electron chi connectivity index (χ4n) is 2.29. The minimum atomic E-state index is -0.453. The van der Waals surface area contributed by atoms with E-state index in [4.69, 9.17) is 5.73 Å². The number of anilines is 3. The van der Waals surface area contributed by atoms with Crippen molar-refractivity contribution in [3.05, 3.63) is 42.1 Å². The summed E-state index contributed by atoms with van der Waals surface area (Å²) in [4.78, 5) is 23.3. The highest BCUT2D eigenvalue weighted by molar-refractivity contribution is 5.93. The van der Waals surface area contributed by atoms with Crippen molar-refractivity contribution in [3.63, 3.8) is 0 Å². The van der Waals surface area contributed by atoms with E-state index in [1.165, 1.54) is 0 Å². The SMILES string of the molecule is CC[C@H](C)Nc1nc(Nc2ccc(C(N)=O)cc2)nc2[nH]ccc12. The third-order valence-corrected chi connectivity index (χ3v) is 3.84. The molecule has 2 heterocycles. The van der Waals surface area contributed by atoms with Gasteiger partial charge in [0.1, 0.15) is 11.5 Å². The minimum absolute atomic E-state index is 0.306. The van der Waals surface area contributed by atoms with Gasteiger partial charge in [-0.2, -0.15) is 9.97 Å². The van der Waals surface area contributed by atoms with Crippen molar-refractivity contribution < 1.29 is 4.79 Å². The van der Waals surface area contributed by atoms with Gasteiger partial charge < -0.3 is 21.4 Å². The number of hydrogen-bond acceptors (Lipinski definition) is 5. The highest BCUT2D eigenvalue weighted by Crippen LogP contribution is 2.24. The second-order valence-corrected chi connectivity index (χ2v) is 5.66. The van der Waals surface area contributed by atoms with Gasteiger partial charge in [-0.1, -0.05) is 6.92 Å². The summed E-state index contributed by atoms with van der Waals surface area (Å²) in [7, 11) is 0. The number of H-pyrrole nitrogens is 1. The van der Waals surface area contributed by atoms with E-state index in [2.05, 4.69) is 39.4 Å². The van der Waals surface area contributed by atoms with E-state index in [1.54, 1.807) is 24.3 Å². The Balaban J connectivity index is 1.90. The fourth-order valence-corrected chi connectivity index (χ4v) is 2.29. The van der Waals surface area contributed by atoms with Crippen LogP contribution in [0.5, 0.6) is 0 Å². The zero-order chi connectivity index (χ0) is 17.1. The number of nitrogens with two attached hydrogens (primary N) is 1. The van der Waals surface area contributed by atoms with Crippen LogP contribution in [0.1, 0.15) is 30.6 Å². The molecule has 2 aromatic heterocycles. The number of rotatable bonds is 6. The first kappa shape index (κ1) is 15.8. The van der Waals surface area contributed by atoms with Gasteiger partial charge in [-0.3, -0.25) is 4.79 Å². The largest absolute Gasteiger partial charge is 0.367 e. The number of carbonyl (C=O) groups excluding carboxylic acids is 1. The molecule has 0 spiro atoms. The quantitative estimate of drug-likeness (QED) is 0.557. The normalized spacial score (nSPS) is 12.1. The van der Waals surface area contributed by atoms with E-state index in [0.29, 0.717) is 17.6 Å². The minimum Gasteiger partial charge on any atom is -0.367 e. The highest BCUT2D eigenvalue weighted by Gasteiger charge is 2.11. The van der Waals surface area contributed by atoms with Crippen LogP contribution >= 0.6 is 0 Å². The first-order valence-electron chi connectivity index (χ1n) is 7.85. The van der Waals surface area contributed by atoms with Crippen LogP contribution in [0.3, 0.4) is 0 Å². The summed E-state index contributed by atoms with van der Waals surface area (Å²) < 4.78 is 0. The molecule has 7 nitrogen and oxygen atoms in total. The Bertz CT molecular complexity index is 855. The number of carbonyl (C=O) groups is 1. The van der Waals surface area contributed by atoms with E-state index in [9.17, 15) is 4.79 Å². The van der Waals surface area contributed by atoms with Gasteiger partial charge in [0.25, 0.3) is 0 Å². The lowest BCUT2D eigenvalue weighted by atomic mass is 10.2. The van der Waals surface area contributed by atoms with Gasteiger partial charge in [0.2, 0.25) is 11.9 Å². The molecular formula is C17H20N6O. The van der Waals surface area contributed by atoms with Gasteiger partial charge in [0.05, 0.1) is 5.39 Å². The van der Waals surface area contributed by atoms with Crippen LogP contribution in [0.25, 0.3) is 11.0 Å². The first-order chi connectivity index (χ1) is 11.6. The van der Waals surface area contributed by atoms with Gasteiger partial charge in [-0.05, 0) is 43.7 Å². The molecule has 0 fully saturated rings. The Morgan fingerprint density at radius 2 is 2.00 bits per heavy atom. The number of benzene rings is 1. The lowest BCUT2D eigenvalue weighted by Crippen LogP contribution is -2.15. The number of aromatic amines is 1. The summed E-state index contributed by atoms with van der Waals surface area (Å²) in [5, 5.41) is 7.50. The fraction of sp³-hybridized carbons (Fsp3) is 0.235. The van der Waals surface area contributed by atoms with Crippen LogP contribution in [0.15, 0.2) is 36.5 Å². The Labute approximate surface area is 139 Å². The molecule has 0 aliphatic rings. The molecule has 0 aliphatic carbocycles. The molecule has 0 bridgehead atoms. The lowest BCUT2D eigenvalue weighted by molar-refractivity contribution is 0.100. The number of aromatic nitrogens is 3. The smallest absolute Gasteiger partial charge is 0.248 e. The van der Waals surface area contributed by atoms with Gasteiger partial charge >= 0.3 is 0 Å². The van der Waals surface area contributed by atoms with E-state index in [-0.39, 0.29) is 0 Å². The predicted octanol–water partition coefficient (Wildman–Crippen LogP) is 3.01. The molecule has 0 aliphatic heterocycles. The Morgan fingerprint density at radius 3 is 2.67 bits per heavy atom. The van der Waals surface area contributed by atoms with Crippen LogP contribution in [0.2, 0.25) is 0 Å². The zero-order valence-electron chi connectivity index (χ0n) is 13.6. The Morgan fingerprint density at radius 1 is 1.25 bits per heavy atom. The molecule has 0 radical (unpaired) electrons. The zero-order valence-corrected chi connectivity index (χ0v) is 13.6. The number of nitrogens with one attached hydrogen (secondary N) is 3. The summed E-state index contributed by atoms with van der Waals surface area (Å²) >= 11 is 0. The summed E-state index contributed by atoms with van der Waals surface area (Å²) in [6, 6.07) is 9.12. The number of nitrogens with zero attached hydrogens (tertiary/aromatic N) is 2. The van der Waals surface area contributed by atoms with Crippen LogP contribution < -0.4 is 16.4 Å². The Kier molecular flexibility index (Phi) is 4.33. The molecule has 0 unspecified atom stereocenters. The molecule has 7 heteroatoms. The second-order valence-electron chi connectivity index (χ2n) is 5.66. The number of hydrogen-bond donors (Lipinski definition) is 4. The van der Waals surface area contributed by atoms with Crippen molar-refractivity contribution in [2.75, 3.05) is 10.6 Å². The number of primary amides is 1. The topological polar surface area (TPSA) is 109 Å². The van der Waals surface area contributed by atoms with Crippen LogP contribution in [-0.2, 0) is 0 Å². The average Bonchev–Trinajstić information content (AvgIpc) is 3.04. The van der Waals surface area contributed by atoms with Crippen molar-refractivity contribution in [1.29, 1.82) is 0 Å². The third kappa shape index (κ3) is 3.29. The molecule has 24 heavy (non-hydrogen) atoms. The van der Waals surface area contributed by atoms with Gasteiger partial charge in [0.15, 0.2) is 0 Å². The summed E-state index contributed by atoms with van der Waals surface area (Å²) in [6.07, 6.45) is 2.83. The average molecular weight is 324 g/mol. The molecular weight excluding hydrogens is 304 g/mol. The van der Waals surface area contributed by atoms with Gasteiger partial charge in [0, 0.05) is 23.5 Å². The molecule has 1 amide bonds. The number of amides is 1. The molecule has 5 N–H and O–H groups in total. The maximum absolute atomic E-state index is 11.1. The maximum atomic E-state index is 11.1. The summed E-state index contributed by atoms with van der Waals surface area (Å²) in [6.45, 7) is 4.23. The second kappa shape index (κ2) is 6.57. The van der Waals surface area contributed by atoms with Crippen LogP contribution in [-0.4, -0.2) is 26.9 Å². The van der Waals surface area contributed by atoms with Gasteiger partial charge in [-0.15, -0.1) is 0 Å². The highest BCUT2D eigenvalue weighted by atomic mass is 16.1. The van der Waals surface area contributed by atoms with Crippen molar-refractivity contribution in [2.24, 2.45) is 5.73 Å². The maximum Gasteiger partial charge on any atom is 0.248 e. The molecule has 1 aromatic carbocycles. The Hall–Kier alpha value is -3.09. The van der Waals surface area contributed by atoms with Crippen molar-refractivity contribution in [1.82, 2.24) is 15.0 Å². The van der Waals surface area contributed by atoms with Crippen molar-refractivity contribution in [3.8, 4) is 0 Å². The van der Waals surface area contributed by atoms with Crippen LogP contribution in [0.4, 0.5) is 17.5 Å². The van der Waals surface area contributed by atoms with Crippen LogP contribution in [0, 0.1) is 0 Å². The van der Waals surface area contributed by atoms with Gasteiger partial charge in [-0.25, -0.2) is 0 Å².